The van der Waals surface area contributed by atoms with E-state index in [1.807, 2.05) is 12.1 Å². The van der Waals surface area contributed by atoms with Crippen molar-refractivity contribution in [3.8, 4) is 11.1 Å². The molecule has 0 radical (unpaired) electrons. The molecular weight excluding hydrogens is 350 g/mol. The number of sulfone groups is 1. The third-order valence-electron chi connectivity index (χ3n) is 4.57. The second-order valence-corrected chi connectivity index (χ2v) is 8.75. The first-order valence-corrected chi connectivity index (χ1v) is 10.4. The van der Waals surface area contributed by atoms with Gasteiger partial charge in [0.2, 0.25) is 0 Å². The van der Waals surface area contributed by atoms with Gasteiger partial charge in [-0.3, -0.25) is 4.79 Å². The molecule has 4 rings (SSSR count). The molecule has 1 fully saturated rings. The predicted molar refractivity (Wildman–Crippen MR) is 98.7 cm³/mol. The lowest BCUT2D eigenvalue weighted by atomic mass is 10.1. The standard InChI is InChI=1S/C19H19N3O3S/c1-26(24,25)15-8-6-14(7-9-15)16-11-17(19(23)20-12-13-4-5-13)21-22-10-2-3-18(16)22/h2-3,6-11,13H,4-5,12H2,1H3,(H-,20,23,24,25). The van der Waals surface area contributed by atoms with Crippen LogP contribution in [0.25, 0.3) is 16.6 Å². The van der Waals surface area contributed by atoms with Gasteiger partial charge in [0.05, 0.1) is 15.7 Å². The van der Waals surface area contributed by atoms with Gasteiger partial charge in [0, 0.05) is 18.3 Å². The summed E-state index contributed by atoms with van der Waals surface area (Å²) in [6.07, 6.45) is 5.31. The summed E-state index contributed by atoms with van der Waals surface area (Å²) in [5, 5.41) is 7.32. The van der Waals surface area contributed by atoms with Gasteiger partial charge in [-0.2, -0.15) is 5.10 Å². The molecule has 1 aliphatic carbocycles. The van der Waals surface area contributed by atoms with Gasteiger partial charge in [-0.05, 0) is 66.8 Å². The predicted octanol–water partition coefficient (Wildman–Crippen LogP) is 2.76. The summed E-state index contributed by atoms with van der Waals surface area (Å²) in [6, 6.07) is 12.2. The average Bonchev–Trinajstić information content (AvgIpc) is 3.33. The Morgan fingerprint density at radius 2 is 2.04 bits per heavy atom. The fraction of sp³-hybridized carbons (Fsp3) is 0.263. The fourth-order valence-electron chi connectivity index (χ4n) is 2.90. The lowest BCUT2D eigenvalue weighted by molar-refractivity contribution is 0.0945. The number of hydrogen-bond donors (Lipinski definition) is 1. The van der Waals surface area contributed by atoms with Crippen LogP contribution < -0.4 is 5.32 Å². The van der Waals surface area contributed by atoms with Gasteiger partial charge in [0.1, 0.15) is 11.9 Å². The molecule has 2 aromatic heterocycles. The van der Waals surface area contributed by atoms with Crippen LogP contribution in [0.3, 0.4) is 0 Å². The van der Waals surface area contributed by atoms with Gasteiger partial charge in [-0.25, -0.2) is 4.52 Å². The number of fused-ring (bicyclic) bond motifs is 1. The highest BCUT2D eigenvalue weighted by Gasteiger charge is 2.23. The summed E-state index contributed by atoms with van der Waals surface area (Å²) < 4.78 is 25.0. The zero-order valence-corrected chi connectivity index (χ0v) is 15.2. The number of nitrogens with zero attached hydrogens (tertiary/aromatic N) is 2. The smallest absolute Gasteiger partial charge is 0.271 e. The fourth-order valence-corrected chi connectivity index (χ4v) is 3.53. The van der Waals surface area contributed by atoms with E-state index in [0.717, 1.165) is 16.6 Å². The Balaban J connectivity index is 1.72. The first-order chi connectivity index (χ1) is 12.4. The molecule has 134 valence electrons. The number of carbonyl (C=O) groups excluding carboxylic acids is 1. The molecule has 1 atom stereocenters. The van der Waals surface area contributed by atoms with Crippen molar-refractivity contribution >= 4 is 21.6 Å². The number of carbonyl (C=O) groups is 1. The van der Waals surface area contributed by atoms with Crippen LogP contribution in [0.2, 0.25) is 0 Å². The third-order valence-corrected chi connectivity index (χ3v) is 5.70. The molecule has 1 N–H and O–H groups in total. The van der Waals surface area contributed by atoms with Crippen LogP contribution in [0.4, 0.5) is 0 Å². The Kier molecular flexibility index (Phi) is 4.13. The normalized spacial score (nSPS) is 16.4. The second-order valence-electron chi connectivity index (χ2n) is 6.73. The van der Waals surface area contributed by atoms with E-state index in [4.69, 9.17) is 0 Å². The van der Waals surface area contributed by atoms with Crippen LogP contribution in [0, 0.1) is 5.92 Å². The molecule has 6 nitrogen and oxygen atoms in total. The van der Waals surface area contributed by atoms with Gasteiger partial charge in [0.15, 0.2) is 4.90 Å². The highest BCUT2D eigenvalue weighted by molar-refractivity contribution is 7.97. The van der Waals surface area contributed by atoms with Gasteiger partial charge in [0.25, 0.3) is 5.91 Å². The van der Waals surface area contributed by atoms with Crippen molar-refractivity contribution in [2.75, 3.05) is 12.8 Å². The number of hydrogen-bond acceptors (Lipinski definition) is 4. The first kappa shape index (κ1) is 16.9. The highest BCUT2D eigenvalue weighted by atomic mass is 32.3. The number of rotatable bonds is 5. The maximum absolute atomic E-state index is 12.4. The summed E-state index contributed by atoms with van der Waals surface area (Å²) in [7, 11) is -3.25. The van der Waals surface area contributed by atoms with Gasteiger partial charge >= 0.3 is 0 Å². The minimum atomic E-state index is -3.25. The molecule has 0 aliphatic heterocycles. The largest absolute Gasteiger partial charge is 0.610 e. The van der Waals surface area contributed by atoms with Crippen molar-refractivity contribution in [3.05, 3.63) is 54.4 Å². The molecule has 1 saturated carbocycles. The second kappa shape index (κ2) is 6.34. The minimum Gasteiger partial charge on any atom is -0.610 e. The van der Waals surface area contributed by atoms with Gasteiger partial charge in [-0.1, -0.05) is 0 Å². The average molecular weight is 369 g/mol. The van der Waals surface area contributed by atoms with E-state index in [9.17, 15) is 13.6 Å². The van der Waals surface area contributed by atoms with E-state index in [0.29, 0.717) is 18.2 Å². The van der Waals surface area contributed by atoms with Gasteiger partial charge in [-0.15, -0.1) is 4.21 Å². The third kappa shape index (κ3) is 3.40. The maximum Gasteiger partial charge on any atom is 0.271 e. The van der Waals surface area contributed by atoms with Crippen LogP contribution in [-0.4, -0.2) is 32.9 Å². The molecule has 1 amide bonds. The van der Waals surface area contributed by atoms with Crippen LogP contribution >= 0.6 is 0 Å². The Labute approximate surface area is 152 Å². The molecule has 0 bridgehead atoms. The SMILES string of the molecule is C[S+](=O)([O-])c1ccc(-c2cc(C(=O)NCC3CC3)nn3cccc23)cc1. The Morgan fingerprint density at radius 1 is 1.31 bits per heavy atom. The lowest BCUT2D eigenvalue weighted by Gasteiger charge is -2.11. The van der Waals surface area contributed by atoms with E-state index in [1.54, 1.807) is 41.0 Å². The van der Waals surface area contributed by atoms with Crippen LogP contribution in [0.5, 0.6) is 0 Å². The van der Waals surface area contributed by atoms with Crippen molar-refractivity contribution in [1.82, 2.24) is 14.9 Å². The summed E-state index contributed by atoms with van der Waals surface area (Å²) in [5.41, 5.74) is 2.87. The summed E-state index contributed by atoms with van der Waals surface area (Å²) in [5.74, 6) is 0.402. The molecule has 0 saturated heterocycles. The minimum absolute atomic E-state index is 0.193. The monoisotopic (exact) mass is 369 g/mol. The molecule has 26 heavy (non-hydrogen) atoms. The van der Waals surface area contributed by atoms with E-state index < -0.39 is 10.2 Å². The van der Waals surface area contributed by atoms with Crippen LogP contribution in [0.15, 0.2) is 53.6 Å². The lowest BCUT2D eigenvalue weighted by Crippen LogP contribution is -2.27. The zero-order chi connectivity index (χ0) is 18.3. The van der Waals surface area contributed by atoms with E-state index in [-0.39, 0.29) is 10.8 Å². The van der Waals surface area contributed by atoms with Crippen LogP contribution in [0.1, 0.15) is 23.3 Å². The van der Waals surface area contributed by atoms with Crippen molar-refractivity contribution in [3.63, 3.8) is 0 Å². The van der Waals surface area contributed by atoms with E-state index in [2.05, 4.69) is 10.4 Å². The quantitative estimate of drug-likeness (QED) is 0.701. The first-order valence-electron chi connectivity index (χ1n) is 8.49. The molecule has 3 aromatic rings. The summed E-state index contributed by atoms with van der Waals surface area (Å²) >= 11 is 0. The number of amides is 1. The molecule has 7 heteroatoms. The topological polar surface area (TPSA) is 86.5 Å². The summed E-state index contributed by atoms with van der Waals surface area (Å²) in [6.45, 7) is 0.683. The maximum atomic E-state index is 12.4. The van der Waals surface area contributed by atoms with Crippen molar-refractivity contribution in [2.24, 2.45) is 5.92 Å². The van der Waals surface area contributed by atoms with E-state index in [1.165, 1.54) is 19.1 Å². The summed E-state index contributed by atoms with van der Waals surface area (Å²) in [4.78, 5) is 12.7. The molecule has 2 heterocycles. The van der Waals surface area contributed by atoms with Crippen molar-refractivity contribution in [2.45, 2.75) is 17.7 Å². The molecule has 1 aromatic carbocycles. The molecule has 1 unspecified atom stereocenters. The number of nitrogens with one attached hydrogen (secondary N) is 1. The molecule has 0 spiro atoms. The zero-order valence-electron chi connectivity index (χ0n) is 14.3. The number of benzene rings is 1. The Bertz CT molecular complexity index is 1020. The van der Waals surface area contributed by atoms with Crippen molar-refractivity contribution in [1.29, 1.82) is 0 Å². The Hall–Kier alpha value is -2.51. The van der Waals surface area contributed by atoms with Gasteiger partial charge < -0.3 is 9.87 Å². The van der Waals surface area contributed by atoms with Crippen molar-refractivity contribution < 1.29 is 13.6 Å². The Morgan fingerprint density at radius 3 is 2.69 bits per heavy atom. The van der Waals surface area contributed by atoms with E-state index >= 15 is 0 Å². The molecular formula is C19H19N3O3S. The molecule has 1 aliphatic rings. The highest BCUT2D eigenvalue weighted by Crippen LogP contribution is 2.29. The van der Waals surface area contributed by atoms with Crippen LogP contribution in [-0.2, 0) is 14.4 Å². The number of aromatic nitrogens is 2.